The Morgan fingerprint density at radius 2 is 1.76 bits per heavy atom. The van der Waals surface area contributed by atoms with Crippen LogP contribution in [0, 0.1) is 0 Å². The first-order valence-electron chi connectivity index (χ1n) is 11.0. The van der Waals surface area contributed by atoms with Gasteiger partial charge in [-0.05, 0) is 29.8 Å². The predicted octanol–water partition coefficient (Wildman–Crippen LogP) is 3.77. The number of hydrazone groups is 1. The summed E-state index contributed by atoms with van der Waals surface area (Å²) >= 11 is 0. The molecule has 0 radical (unpaired) electrons. The quantitative estimate of drug-likeness (QED) is 0.463. The molecule has 8 heteroatoms. The Morgan fingerprint density at radius 1 is 0.882 bits per heavy atom. The monoisotopic (exact) mass is 450 g/mol. The van der Waals surface area contributed by atoms with E-state index in [0.717, 1.165) is 44.9 Å². The van der Waals surface area contributed by atoms with E-state index in [-0.39, 0.29) is 0 Å². The highest BCUT2D eigenvalue weighted by molar-refractivity contribution is 6.03. The topological polar surface area (TPSA) is 83.9 Å². The first kappa shape index (κ1) is 20.2. The van der Waals surface area contributed by atoms with Crippen LogP contribution in [0.2, 0.25) is 0 Å². The molecule has 2 N–H and O–H groups in total. The Labute approximate surface area is 196 Å². The first-order chi connectivity index (χ1) is 16.8. The smallest absolute Gasteiger partial charge is 0.174 e. The third-order valence-corrected chi connectivity index (χ3v) is 5.69. The van der Waals surface area contributed by atoms with Gasteiger partial charge >= 0.3 is 0 Å². The molecule has 3 aromatic carbocycles. The average molecular weight is 451 g/mol. The maximum absolute atomic E-state index is 6.26. The molecule has 1 aromatic heterocycles. The van der Waals surface area contributed by atoms with Gasteiger partial charge in [0.1, 0.15) is 24.7 Å². The zero-order chi connectivity index (χ0) is 22.7. The van der Waals surface area contributed by atoms with Crippen LogP contribution < -0.4 is 15.8 Å². The van der Waals surface area contributed by atoms with Gasteiger partial charge in [-0.25, -0.2) is 15.5 Å². The van der Waals surface area contributed by atoms with Crippen molar-refractivity contribution in [1.29, 1.82) is 0 Å². The molecule has 0 atom stereocenters. The van der Waals surface area contributed by atoms with Crippen molar-refractivity contribution in [2.75, 3.05) is 6.54 Å². The Balaban J connectivity index is 1.15. The summed E-state index contributed by atoms with van der Waals surface area (Å²) in [5.41, 5.74) is 9.79. The van der Waals surface area contributed by atoms with Crippen LogP contribution in [0.1, 0.15) is 22.5 Å². The van der Waals surface area contributed by atoms with Gasteiger partial charge in [0.15, 0.2) is 11.7 Å². The Morgan fingerprint density at radius 3 is 2.74 bits per heavy atom. The van der Waals surface area contributed by atoms with Crippen LogP contribution in [-0.2, 0) is 18.0 Å². The van der Waals surface area contributed by atoms with Crippen LogP contribution in [0.15, 0.2) is 90.2 Å². The van der Waals surface area contributed by atoms with Gasteiger partial charge in [0.25, 0.3) is 0 Å². The molecular weight excluding hydrogens is 428 g/mol. The summed E-state index contributed by atoms with van der Waals surface area (Å²) in [6.45, 7) is 1.35. The lowest BCUT2D eigenvalue weighted by molar-refractivity contribution is 0.259. The SMILES string of the molecule is C1=C(OCc2cccc(OCc3ncc4ccccc4n3)c2)c2ccccc2C2=NNNN2C1. The Kier molecular flexibility index (Phi) is 5.25. The molecule has 0 unspecified atom stereocenters. The minimum atomic E-state index is 0.298. The van der Waals surface area contributed by atoms with Crippen molar-refractivity contribution >= 4 is 22.5 Å². The number of benzene rings is 3. The molecule has 0 bridgehead atoms. The standard InChI is InChI=1S/C26H22N6O2/c1-4-11-23-19(7-1)15-27-25(28-23)17-33-20-8-5-6-18(14-20)16-34-24-12-13-32-26(29-30-31-32)22-10-3-2-9-21(22)24/h1-12,14-15,30-31H,13,16-17H2. The fourth-order valence-electron chi connectivity index (χ4n) is 4.02. The number of nitrogens with zero attached hydrogens (tertiary/aromatic N) is 4. The summed E-state index contributed by atoms with van der Waals surface area (Å²) in [5, 5.41) is 7.31. The van der Waals surface area contributed by atoms with E-state index >= 15 is 0 Å². The van der Waals surface area contributed by atoms with E-state index in [1.54, 1.807) is 0 Å². The molecular formula is C26H22N6O2. The van der Waals surface area contributed by atoms with E-state index in [0.29, 0.717) is 25.6 Å². The van der Waals surface area contributed by atoms with Gasteiger partial charge in [-0.15, -0.1) is 10.6 Å². The number of hydrazine groups is 2. The molecule has 4 aromatic rings. The van der Waals surface area contributed by atoms with Crippen LogP contribution in [0.4, 0.5) is 0 Å². The number of amidine groups is 1. The normalized spacial score (nSPS) is 14.4. The molecule has 2 aliphatic rings. The average Bonchev–Trinajstić information content (AvgIpc) is 3.31. The van der Waals surface area contributed by atoms with Crippen molar-refractivity contribution in [3.05, 3.63) is 108 Å². The highest BCUT2D eigenvalue weighted by atomic mass is 16.5. The van der Waals surface area contributed by atoms with Gasteiger partial charge in [0, 0.05) is 22.7 Å². The van der Waals surface area contributed by atoms with E-state index in [9.17, 15) is 0 Å². The number of aromatic nitrogens is 2. The number of hydrogen-bond donors (Lipinski definition) is 2. The number of hydrogen-bond acceptors (Lipinski definition) is 8. The molecule has 34 heavy (non-hydrogen) atoms. The van der Waals surface area contributed by atoms with E-state index in [1.165, 1.54) is 0 Å². The Hall–Kier alpha value is -4.43. The van der Waals surface area contributed by atoms with Gasteiger partial charge in [0.05, 0.1) is 12.1 Å². The second-order valence-corrected chi connectivity index (χ2v) is 7.95. The van der Waals surface area contributed by atoms with Gasteiger partial charge in [-0.1, -0.05) is 54.6 Å². The zero-order valence-electron chi connectivity index (χ0n) is 18.3. The second kappa shape index (κ2) is 8.84. The van der Waals surface area contributed by atoms with Gasteiger partial charge in [-0.2, -0.15) is 0 Å². The van der Waals surface area contributed by atoms with Crippen molar-refractivity contribution < 1.29 is 9.47 Å². The van der Waals surface area contributed by atoms with Crippen molar-refractivity contribution in [1.82, 2.24) is 26.0 Å². The van der Waals surface area contributed by atoms with Crippen LogP contribution >= 0.6 is 0 Å². The molecule has 3 heterocycles. The molecule has 0 fully saturated rings. The Bertz CT molecular complexity index is 1420. The maximum atomic E-state index is 6.26. The first-order valence-corrected chi connectivity index (χ1v) is 11.0. The zero-order valence-corrected chi connectivity index (χ0v) is 18.3. The highest BCUT2D eigenvalue weighted by Gasteiger charge is 2.25. The number of para-hydroxylation sites is 1. The fraction of sp³-hybridized carbons (Fsp3) is 0.115. The highest BCUT2D eigenvalue weighted by Crippen LogP contribution is 2.27. The largest absolute Gasteiger partial charge is 0.489 e. The third kappa shape index (κ3) is 4.02. The van der Waals surface area contributed by atoms with Crippen molar-refractivity contribution in [2.45, 2.75) is 13.2 Å². The van der Waals surface area contributed by atoms with E-state index in [4.69, 9.17) is 9.47 Å². The molecule has 0 aliphatic carbocycles. The van der Waals surface area contributed by atoms with E-state index in [2.05, 4.69) is 38.3 Å². The van der Waals surface area contributed by atoms with Crippen molar-refractivity contribution in [3.8, 4) is 5.75 Å². The second-order valence-electron chi connectivity index (χ2n) is 7.95. The number of ether oxygens (including phenoxy) is 2. The molecule has 0 spiro atoms. The molecule has 0 saturated carbocycles. The molecule has 8 nitrogen and oxygen atoms in total. The lowest BCUT2D eigenvalue weighted by Gasteiger charge is -2.15. The predicted molar refractivity (Wildman–Crippen MR) is 129 cm³/mol. The lowest BCUT2D eigenvalue weighted by atomic mass is 10.1. The summed E-state index contributed by atoms with van der Waals surface area (Å²) in [4.78, 5) is 8.98. The maximum Gasteiger partial charge on any atom is 0.174 e. The minimum Gasteiger partial charge on any atom is -0.489 e. The van der Waals surface area contributed by atoms with Gasteiger partial charge in [-0.3, -0.25) is 5.01 Å². The van der Waals surface area contributed by atoms with Gasteiger partial charge in [0.2, 0.25) is 0 Å². The van der Waals surface area contributed by atoms with Crippen LogP contribution in [0.5, 0.6) is 5.75 Å². The number of rotatable bonds is 6. The summed E-state index contributed by atoms with van der Waals surface area (Å²) in [5.74, 6) is 3.06. The van der Waals surface area contributed by atoms with Crippen molar-refractivity contribution in [3.63, 3.8) is 0 Å². The third-order valence-electron chi connectivity index (χ3n) is 5.69. The molecule has 6 rings (SSSR count). The van der Waals surface area contributed by atoms with Crippen LogP contribution in [-0.4, -0.2) is 27.4 Å². The number of nitrogens with one attached hydrogen (secondary N) is 2. The minimum absolute atomic E-state index is 0.298. The molecule has 168 valence electrons. The summed E-state index contributed by atoms with van der Waals surface area (Å²) < 4.78 is 12.2. The summed E-state index contributed by atoms with van der Waals surface area (Å²) in [6.07, 6.45) is 3.88. The molecule has 2 aliphatic heterocycles. The molecule has 0 saturated heterocycles. The fourth-order valence-corrected chi connectivity index (χ4v) is 4.02. The van der Waals surface area contributed by atoms with Crippen LogP contribution in [0.25, 0.3) is 16.7 Å². The lowest BCUT2D eigenvalue weighted by Crippen LogP contribution is -2.40. The summed E-state index contributed by atoms with van der Waals surface area (Å²) in [7, 11) is 0. The van der Waals surface area contributed by atoms with Crippen LogP contribution in [0.3, 0.4) is 0 Å². The van der Waals surface area contributed by atoms with Gasteiger partial charge < -0.3 is 9.47 Å². The number of fused-ring (bicyclic) bond motifs is 4. The van der Waals surface area contributed by atoms with Crippen molar-refractivity contribution in [2.24, 2.45) is 5.10 Å². The molecule has 0 amide bonds. The van der Waals surface area contributed by atoms with E-state index in [1.807, 2.05) is 77.9 Å². The summed E-state index contributed by atoms with van der Waals surface area (Å²) in [6, 6.07) is 23.9. The van der Waals surface area contributed by atoms with E-state index < -0.39 is 0 Å².